The van der Waals surface area contributed by atoms with Crippen LogP contribution in [0.25, 0.3) is 0 Å². The maximum absolute atomic E-state index is 11.0. The van der Waals surface area contributed by atoms with E-state index in [2.05, 4.69) is 0 Å². The lowest BCUT2D eigenvalue weighted by atomic mass is 10.1. The molecule has 0 saturated heterocycles. The van der Waals surface area contributed by atoms with Crippen LogP contribution in [0.1, 0.15) is 26.3 Å². The third-order valence-electron chi connectivity index (χ3n) is 3.06. The summed E-state index contributed by atoms with van der Waals surface area (Å²) in [6.07, 6.45) is -0.0765. The van der Waals surface area contributed by atoms with Crippen LogP contribution < -0.4 is 4.74 Å². The number of nitro benzene ring substituents is 1. The Bertz CT molecular complexity index is 536. The number of benzene rings is 1. The molecule has 1 unspecified atom stereocenters. The van der Waals surface area contributed by atoms with Gasteiger partial charge in [0.05, 0.1) is 11.0 Å². The normalized spacial score (nSPS) is 11.9. The third-order valence-corrected chi connectivity index (χ3v) is 3.06. The van der Waals surface area contributed by atoms with Gasteiger partial charge in [-0.15, -0.1) is 12.4 Å². The number of ether oxygens (including phenoxy) is 1. The molecule has 0 radical (unpaired) electrons. The topological polar surface area (TPSA) is 92.9 Å². The van der Waals surface area contributed by atoms with Crippen LogP contribution in [-0.4, -0.2) is 40.1 Å². The Balaban J connectivity index is 0.00000441. The number of halogens is 1. The van der Waals surface area contributed by atoms with E-state index in [9.17, 15) is 14.9 Å². The molecule has 1 aromatic rings. The quantitative estimate of drug-likeness (QED) is 0.609. The van der Waals surface area contributed by atoms with Crippen LogP contribution >= 0.6 is 12.4 Å². The molecule has 0 aliphatic rings. The first-order valence-electron chi connectivity index (χ1n) is 6.59. The smallest absolute Gasteiger partial charge is 0.320 e. The van der Waals surface area contributed by atoms with Gasteiger partial charge in [0, 0.05) is 24.2 Å². The van der Waals surface area contributed by atoms with Gasteiger partial charge in [0.1, 0.15) is 11.8 Å². The van der Waals surface area contributed by atoms with Crippen LogP contribution in [0, 0.1) is 10.1 Å². The molecule has 0 bridgehead atoms. The summed E-state index contributed by atoms with van der Waals surface area (Å²) in [6, 6.07) is 3.65. The van der Waals surface area contributed by atoms with E-state index in [4.69, 9.17) is 9.84 Å². The highest BCUT2D eigenvalue weighted by Gasteiger charge is 2.20. The molecule has 0 aromatic heterocycles. The summed E-state index contributed by atoms with van der Waals surface area (Å²) in [5.41, 5.74) is 0.547. The van der Waals surface area contributed by atoms with Crippen molar-refractivity contribution in [1.82, 2.24) is 4.90 Å². The number of likely N-dealkylation sites (N-methyl/N-ethyl adjacent to an activating group) is 1. The van der Waals surface area contributed by atoms with Gasteiger partial charge >= 0.3 is 5.97 Å². The van der Waals surface area contributed by atoms with Crippen LogP contribution in [0.3, 0.4) is 0 Å². The first-order valence-corrected chi connectivity index (χ1v) is 6.59. The average molecular weight is 333 g/mol. The van der Waals surface area contributed by atoms with E-state index in [-0.39, 0.29) is 30.7 Å². The van der Waals surface area contributed by atoms with Crippen LogP contribution in [0.4, 0.5) is 5.69 Å². The molecule has 8 heteroatoms. The summed E-state index contributed by atoms with van der Waals surface area (Å²) in [7, 11) is 1.65. The summed E-state index contributed by atoms with van der Waals surface area (Å²) in [4.78, 5) is 23.0. The molecule has 1 N–H and O–H groups in total. The number of non-ortho nitro benzene ring substituents is 1. The van der Waals surface area contributed by atoms with Gasteiger partial charge in [-0.05, 0) is 33.9 Å². The number of carboxylic acid groups (broad SMARTS) is 1. The fourth-order valence-electron chi connectivity index (χ4n) is 1.77. The maximum Gasteiger partial charge on any atom is 0.320 e. The summed E-state index contributed by atoms with van der Waals surface area (Å²) in [5, 5.41) is 19.9. The molecule has 0 spiro atoms. The minimum Gasteiger partial charge on any atom is -0.491 e. The van der Waals surface area contributed by atoms with Crippen molar-refractivity contribution in [1.29, 1.82) is 0 Å². The molecule has 0 fully saturated rings. The predicted octanol–water partition coefficient (Wildman–Crippen LogP) is 2.71. The number of hydrogen-bond donors (Lipinski definition) is 1. The lowest BCUT2D eigenvalue weighted by Gasteiger charge is -2.23. The number of nitro groups is 1. The van der Waals surface area contributed by atoms with Gasteiger partial charge in [-0.2, -0.15) is 0 Å². The Morgan fingerprint density at radius 1 is 1.41 bits per heavy atom. The van der Waals surface area contributed by atoms with Crippen molar-refractivity contribution < 1.29 is 19.6 Å². The van der Waals surface area contributed by atoms with E-state index in [1.165, 1.54) is 12.1 Å². The second-order valence-electron chi connectivity index (χ2n) is 5.15. The highest BCUT2D eigenvalue weighted by Crippen LogP contribution is 2.26. The van der Waals surface area contributed by atoms with E-state index < -0.39 is 16.9 Å². The van der Waals surface area contributed by atoms with Gasteiger partial charge in [0.2, 0.25) is 0 Å². The number of nitrogens with zero attached hydrogens (tertiary/aromatic N) is 2. The molecule has 0 heterocycles. The molecular weight excluding hydrogens is 312 g/mol. The number of carbonyl (C=O) groups is 1. The molecule has 0 amide bonds. The van der Waals surface area contributed by atoms with Gasteiger partial charge in [0.25, 0.3) is 5.69 Å². The van der Waals surface area contributed by atoms with Crippen LogP contribution in [-0.2, 0) is 11.3 Å². The molecule has 124 valence electrons. The summed E-state index contributed by atoms with van der Waals surface area (Å²) in [5.74, 6) is -0.422. The third kappa shape index (κ3) is 5.50. The van der Waals surface area contributed by atoms with Crippen molar-refractivity contribution in [3.63, 3.8) is 0 Å². The molecule has 1 atom stereocenters. The zero-order valence-corrected chi connectivity index (χ0v) is 13.8. The average Bonchev–Trinajstić information content (AvgIpc) is 2.38. The summed E-state index contributed by atoms with van der Waals surface area (Å²) in [6.45, 7) is 5.52. The molecular formula is C14H21ClN2O5. The van der Waals surface area contributed by atoms with Crippen molar-refractivity contribution in [3.8, 4) is 5.75 Å². The van der Waals surface area contributed by atoms with Crippen molar-refractivity contribution in [2.24, 2.45) is 0 Å². The van der Waals surface area contributed by atoms with Crippen LogP contribution in [0.5, 0.6) is 5.75 Å². The lowest BCUT2D eigenvalue weighted by molar-refractivity contribution is -0.385. The molecule has 7 nitrogen and oxygen atoms in total. The monoisotopic (exact) mass is 332 g/mol. The van der Waals surface area contributed by atoms with Gasteiger partial charge < -0.3 is 9.84 Å². The molecule has 1 rings (SSSR count). The largest absolute Gasteiger partial charge is 0.491 e. The van der Waals surface area contributed by atoms with E-state index in [1.54, 1.807) is 24.9 Å². The predicted molar refractivity (Wildman–Crippen MR) is 84.7 cm³/mol. The number of aliphatic carboxylic acids is 1. The van der Waals surface area contributed by atoms with Gasteiger partial charge in [0.15, 0.2) is 0 Å². The number of rotatable bonds is 7. The van der Waals surface area contributed by atoms with Crippen LogP contribution in [0.15, 0.2) is 18.2 Å². The number of carboxylic acids is 1. The zero-order valence-electron chi connectivity index (χ0n) is 13.0. The minimum atomic E-state index is -0.950. The Labute approximate surface area is 135 Å². The van der Waals surface area contributed by atoms with Crippen molar-refractivity contribution in [2.75, 3.05) is 7.05 Å². The van der Waals surface area contributed by atoms with Gasteiger partial charge in [-0.25, -0.2) is 0 Å². The number of hydrogen-bond acceptors (Lipinski definition) is 5. The van der Waals surface area contributed by atoms with Crippen LogP contribution in [0.2, 0.25) is 0 Å². The van der Waals surface area contributed by atoms with E-state index in [0.29, 0.717) is 11.3 Å². The Morgan fingerprint density at radius 2 is 2.00 bits per heavy atom. The highest BCUT2D eigenvalue weighted by atomic mass is 35.5. The second kappa shape index (κ2) is 8.55. The Hall–Kier alpha value is -1.86. The lowest BCUT2D eigenvalue weighted by Crippen LogP contribution is -2.35. The zero-order chi connectivity index (χ0) is 16.2. The first-order chi connectivity index (χ1) is 9.72. The second-order valence-corrected chi connectivity index (χ2v) is 5.15. The fraction of sp³-hybridized carbons (Fsp3) is 0.500. The van der Waals surface area contributed by atoms with Gasteiger partial charge in [-0.1, -0.05) is 0 Å². The molecule has 0 saturated carbocycles. The Kier molecular flexibility index (Phi) is 7.83. The van der Waals surface area contributed by atoms with Crippen molar-refractivity contribution >= 4 is 24.1 Å². The summed E-state index contributed by atoms with van der Waals surface area (Å²) >= 11 is 0. The summed E-state index contributed by atoms with van der Waals surface area (Å²) < 4.78 is 5.62. The van der Waals surface area contributed by atoms with Crippen molar-refractivity contribution in [2.45, 2.75) is 39.5 Å². The molecule has 0 aliphatic heterocycles. The molecule has 0 aliphatic carbocycles. The first kappa shape index (κ1) is 20.1. The SMILES string of the molecule is CC(C)Oc1ccc([N+](=O)[O-])cc1CN(C)C(C)C(=O)O.Cl. The van der Waals surface area contributed by atoms with E-state index >= 15 is 0 Å². The van der Waals surface area contributed by atoms with Crippen molar-refractivity contribution in [3.05, 3.63) is 33.9 Å². The fourth-order valence-corrected chi connectivity index (χ4v) is 1.77. The Morgan fingerprint density at radius 3 is 2.45 bits per heavy atom. The molecule has 22 heavy (non-hydrogen) atoms. The minimum absolute atomic E-state index is 0. The standard InChI is InChI=1S/C14H20N2O5.ClH/c1-9(2)21-13-6-5-12(16(19)20)7-11(13)8-15(4)10(3)14(17)18;/h5-7,9-10H,8H2,1-4H3,(H,17,18);1H. The molecule has 1 aromatic carbocycles. The highest BCUT2D eigenvalue weighted by molar-refractivity contribution is 5.85. The van der Waals surface area contributed by atoms with Gasteiger partial charge in [-0.3, -0.25) is 19.8 Å². The van der Waals surface area contributed by atoms with E-state index in [0.717, 1.165) is 0 Å². The maximum atomic E-state index is 11.0. The van der Waals surface area contributed by atoms with E-state index in [1.807, 2.05) is 13.8 Å².